The Hall–Kier alpha value is -4.12. The lowest BCUT2D eigenvalue weighted by Gasteiger charge is -2.43. The zero-order valence-electron chi connectivity index (χ0n) is 25.6. The molecule has 3 aromatic carbocycles. The summed E-state index contributed by atoms with van der Waals surface area (Å²) in [6, 6.07) is 24.4. The van der Waals surface area contributed by atoms with Crippen LogP contribution in [0.15, 0.2) is 102 Å². The fourth-order valence-electron chi connectivity index (χ4n) is 6.27. The summed E-state index contributed by atoms with van der Waals surface area (Å²) in [6.45, 7) is 8.31. The highest BCUT2D eigenvalue weighted by molar-refractivity contribution is 6.99. The summed E-state index contributed by atoms with van der Waals surface area (Å²) in [5, 5.41) is 1.24. The molecule has 1 unspecified atom stereocenters. The number of alkyl halides is 3. The third-order valence-electron chi connectivity index (χ3n) is 8.30. The average Bonchev–Trinajstić information content (AvgIpc) is 3.39. The van der Waals surface area contributed by atoms with Gasteiger partial charge in [-0.15, -0.1) is 0 Å². The first kappa shape index (κ1) is 31.8. The second-order valence-corrected chi connectivity index (χ2v) is 16.9. The smallest absolute Gasteiger partial charge is 0.402 e. The first-order chi connectivity index (χ1) is 21.8. The number of benzene rings is 3. The second kappa shape index (κ2) is 11.9. The molecule has 0 aliphatic carbocycles. The van der Waals surface area contributed by atoms with Gasteiger partial charge in [-0.2, -0.15) is 13.2 Å². The summed E-state index contributed by atoms with van der Waals surface area (Å²) < 4.78 is 66.5. The second-order valence-electron chi connectivity index (χ2n) is 12.2. The Balaban J connectivity index is 1.55. The summed E-state index contributed by atoms with van der Waals surface area (Å²) in [4.78, 5) is 13.5. The third-order valence-corrected chi connectivity index (χ3v) is 13.7. The third kappa shape index (κ3) is 5.38. The van der Waals surface area contributed by atoms with Crippen molar-refractivity contribution in [3.63, 3.8) is 0 Å². The van der Waals surface area contributed by atoms with Crippen molar-refractivity contribution in [2.75, 3.05) is 0 Å². The minimum atomic E-state index is -4.76. The summed E-state index contributed by atoms with van der Waals surface area (Å²) in [5.74, 6) is -0.285. The Morgan fingerprint density at radius 2 is 1.50 bits per heavy atom. The maximum Gasteiger partial charge on any atom is 0.417 e. The molecule has 11 heteroatoms. The Kier molecular flexibility index (Phi) is 8.24. The van der Waals surface area contributed by atoms with Gasteiger partial charge in [0.1, 0.15) is 17.6 Å². The zero-order chi connectivity index (χ0) is 32.9. The molecule has 5 nitrogen and oxygen atoms in total. The highest BCUT2D eigenvalue weighted by Crippen LogP contribution is 2.43. The minimum absolute atomic E-state index is 0.0793. The number of imidazole rings is 1. The van der Waals surface area contributed by atoms with E-state index in [0.717, 1.165) is 16.4 Å². The van der Waals surface area contributed by atoms with Crippen LogP contribution in [0.1, 0.15) is 62.1 Å². The van der Waals surface area contributed by atoms with Crippen LogP contribution in [0.2, 0.25) is 10.1 Å². The summed E-state index contributed by atoms with van der Waals surface area (Å²) >= 11 is 6.57. The van der Waals surface area contributed by atoms with Gasteiger partial charge < -0.3 is 4.43 Å². The van der Waals surface area contributed by atoms with Crippen molar-refractivity contribution in [2.24, 2.45) is 4.99 Å². The number of aliphatic imine (C=N–C) groups is 1. The summed E-state index contributed by atoms with van der Waals surface area (Å²) in [6.07, 6.45) is -1.75. The largest absolute Gasteiger partial charge is 0.417 e. The molecule has 0 saturated carbocycles. The molecule has 0 saturated heterocycles. The SMILES string of the molecule is CC1N=C(c2ncccc2F)c2c(ccc(C(F)(F)F)c2Cl)-n2c(CO[Si](c3ccccc3)(c3ccccc3)C(C)(C)C)cnc21. The molecule has 0 radical (unpaired) electrons. The van der Waals surface area contributed by atoms with E-state index < -0.39 is 36.9 Å². The highest BCUT2D eigenvalue weighted by Gasteiger charge is 2.50. The number of nitrogens with zero attached hydrogens (tertiary/aromatic N) is 4. The molecule has 2 aromatic heterocycles. The fourth-order valence-corrected chi connectivity index (χ4v) is 11.1. The molecule has 1 aliphatic rings. The molecule has 0 bridgehead atoms. The van der Waals surface area contributed by atoms with Crippen LogP contribution in [0.3, 0.4) is 0 Å². The lowest BCUT2D eigenvalue weighted by molar-refractivity contribution is -0.137. The van der Waals surface area contributed by atoms with Crippen LogP contribution in [0, 0.1) is 5.82 Å². The van der Waals surface area contributed by atoms with E-state index in [2.05, 4.69) is 60.0 Å². The van der Waals surface area contributed by atoms with E-state index in [1.54, 1.807) is 17.7 Å². The number of halogens is 5. The van der Waals surface area contributed by atoms with Gasteiger partial charge in [-0.05, 0) is 46.6 Å². The van der Waals surface area contributed by atoms with E-state index in [-0.39, 0.29) is 34.3 Å². The van der Waals surface area contributed by atoms with Crippen LogP contribution in [0.4, 0.5) is 17.6 Å². The molecule has 3 heterocycles. The quantitative estimate of drug-likeness (QED) is 0.137. The molecule has 0 spiro atoms. The molecule has 1 atom stereocenters. The lowest BCUT2D eigenvalue weighted by Crippen LogP contribution is -2.66. The van der Waals surface area contributed by atoms with Crippen molar-refractivity contribution in [1.82, 2.24) is 14.5 Å². The van der Waals surface area contributed by atoms with Gasteiger partial charge in [0.05, 0.1) is 40.5 Å². The van der Waals surface area contributed by atoms with Crippen LogP contribution < -0.4 is 10.4 Å². The lowest BCUT2D eigenvalue weighted by atomic mass is 10.00. The first-order valence-electron chi connectivity index (χ1n) is 14.7. The average molecular weight is 663 g/mol. The van der Waals surface area contributed by atoms with Crippen molar-refractivity contribution < 1.29 is 22.0 Å². The van der Waals surface area contributed by atoms with Crippen LogP contribution in [-0.2, 0) is 17.2 Å². The standard InChI is InChI=1S/C35H31ClF4N4OSi/c1-22-33-42-20-23(21-45-46(34(2,3)4,24-12-7-5-8-13-24)25-14-9-6-10-15-25)44(33)28-18-17-26(35(38,39)40)30(36)29(28)32(43-22)31-27(37)16-11-19-41-31/h5-20,22H,21H2,1-4H3. The minimum Gasteiger partial charge on any atom is -0.402 e. The van der Waals surface area contributed by atoms with Gasteiger partial charge in [0, 0.05) is 11.8 Å². The number of hydrogen-bond acceptors (Lipinski definition) is 4. The van der Waals surface area contributed by atoms with E-state index >= 15 is 4.39 Å². The highest BCUT2D eigenvalue weighted by atomic mass is 35.5. The van der Waals surface area contributed by atoms with E-state index in [4.69, 9.17) is 16.0 Å². The predicted molar refractivity (Wildman–Crippen MR) is 174 cm³/mol. The van der Waals surface area contributed by atoms with Crippen LogP contribution >= 0.6 is 11.6 Å². The van der Waals surface area contributed by atoms with Crippen molar-refractivity contribution in [1.29, 1.82) is 0 Å². The van der Waals surface area contributed by atoms with Gasteiger partial charge in [-0.25, -0.2) is 9.37 Å². The van der Waals surface area contributed by atoms with E-state index in [1.807, 2.05) is 36.4 Å². The van der Waals surface area contributed by atoms with Gasteiger partial charge in [0.25, 0.3) is 8.32 Å². The summed E-state index contributed by atoms with van der Waals surface area (Å²) in [7, 11) is -2.99. The molecule has 0 amide bonds. The first-order valence-corrected chi connectivity index (χ1v) is 17.0. The van der Waals surface area contributed by atoms with E-state index in [9.17, 15) is 13.2 Å². The fraction of sp³-hybridized carbons (Fsp3) is 0.229. The Bertz CT molecular complexity index is 1880. The van der Waals surface area contributed by atoms with Crippen LogP contribution in [0.5, 0.6) is 0 Å². The van der Waals surface area contributed by atoms with Gasteiger partial charge >= 0.3 is 6.18 Å². The van der Waals surface area contributed by atoms with Crippen LogP contribution in [-0.4, -0.2) is 28.6 Å². The Morgan fingerprint density at radius 1 is 0.870 bits per heavy atom. The molecule has 236 valence electrons. The zero-order valence-corrected chi connectivity index (χ0v) is 27.4. The molecule has 5 aromatic rings. The molecular weight excluding hydrogens is 632 g/mol. The van der Waals surface area contributed by atoms with Crippen molar-refractivity contribution >= 4 is 36.0 Å². The molecule has 1 aliphatic heterocycles. The maximum atomic E-state index is 15.2. The van der Waals surface area contributed by atoms with E-state index in [0.29, 0.717) is 11.5 Å². The number of pyridine rings is 1. The molecule has 6 rings (SSSR count). The monoisotopic (exact) mass is 662 g/mol. The molecule has 0 N–H and O–H groups in total. The van der Waals surface area contributed by atoms with Gasteiger partial charge in [0.15, 0.2) is 5.82 Å². The molecule has 0 fully saturated rings. The number of rotatable bonds is 6. The van der Waals surface area contributed by atoms with Gasteiger partial charge in [-0.3, -0.25) is 14.5 Å². The molecule has 46 heavy (non-hydrogen) atoms. The van der Waals surface area contributed by atoms with Gasteiger partial charge in [-0.1, -0.05) is 93.0 Å². The number of fused-ring (bicyclic) bond motifs is 3. The van der Waals surface area contributed by atoms with Crippen molar-refractivity contribution in [3.8, 4) is 5.69 Å². The molecular formula is C35H31ClF4N4OSi. The number of hydrogen-bond donors (Lipinski definition) is 0. The van der Waals surface area contributed by atoms with Crippen molar-refractivity contribution in [2.45, 2.75) is 51.6 Å². The van der Waals surface area contributed by atoms with Gasteiger partial charge in [0.2, 0.25) is 0 Å². The normalized spacial score (nSPS) is 15.2. The Labute approximate surface area is 270 Å². The van der Waals surface area contributed by atoms with Crippen LogP contribution in [0.25, 0.3) is 5.69 Å². The van der Waals surface area contributed by atoms with Crippen molar-refractivity contribution in [3.05, 3.63) is 137 Å². The predicted octanol–water partition coefficient (Wildman–Crippen LogP) is 8.07. The summed E-state index contributed by atoms with van der Waals surface area (Å²) in [5.41, 5.74) is -0.555. The topological polar surface area (TPSA) is 52.3 Å². The number of aromatic nitrogens is 3. The maximum absolute atomic E-state index is 15.2. The Morgan fingerprint density at radius 3 is 2.07 bits per heavy atom. The van der Waals surface area contributed by atoms with E-state index in [1.165, 1.54) is 24.4 Å².